The Balaban J connectivity index is 1.74. The number of carbonyl (C=O) groups is 1. The van der Waals surface area contributed by atoms with Gasteiger partial charge in [0.1, 0.15) is 0 Å². The number of amides is 1. The molecule has 1 aliphatic heterocycles. The molecule has 1 amide bonds. The lowest BCUT2D eigenvalue weighted by Gasteiger charge is -2.30. The summed E-state index contributed by atoms with van der Waals surface area (Å²) in [5.74, 6) is 0.310. The minimum atomic E-state index is -0.169. The SMILES string of the molecule is CCCNc1ncc(CN2CCC(CC(N)=O)CC2)s1. The summed E-state index contributed by atoms with van der Waals surface area (Å²) >= 11 is 1.74. The molecule has 6 heteroatoms. The zero-order chi connectivity index (χ0) is 14.4. The standard InChI is InChI=1S/C14H24N4OS/c1-2-5-16-14-17-9-12(20-14)10-18-6-3-11(4-7-18)8-13(15)19/h9,11H,2-8,10H2,1H3,(H2,15,19)(H,16,17). The second kappa shape index (κ2) is 7.59. The summed E-state index contributed by atoms with van der Waals surface area (Å²) in [5.41, 5.74) is 5.26. The molecule has 1 aliphatic rings. The van der Waals surface area contributed by atoms with Gasteiger partial charge in [-0.3, -0.25) is 9.69 Å². The van der Waals surface area contributed by atoms with E-state index in [9.17, 15) is 4.79 Å². The fourth-order valence-corrected chi connectivity index (χ4v) is 3.43. The second-order valence-corrected chi connectivity index (χ2v) is 6.56. The largest absolute Gasteiger partial charge is 0.370 e. The lowest BCUT2D eigenvalue weighted by molar-refractivity contribution is -0.119. The molecule has 0 unspecified atom stereocenters. The fraction of sp³-hybridized carbons (Fsp3) is 0.714. The Morgan fingerprint density at radius 3 is 2.95 bits per heavy atom. The van der Waals surface area contributed by atoms with Gasteiger partial charge in [0.2, 0.25) is 5.91 Å². The highest BCUT2D eigenvalue weighted by atomic mass is 32.1. The third kappa shape index (κ3) is 4.76. The van der Waals surface area contributed by atoms with E-state index in [4.69, 9.17) is 5.73 Å². The van der Waals surface area contributed by atoms with Crippen molar-refractivity contribution in [1.29, 1.82) is 0 Å². The van der Waals surface area contributed by atoms with E-state index >= 15 is 0 Å². The van der Waals surface area contributed by atoms with Crippen molar-refractivity contribution < 1.29 is 4.79 Å². The molecule has 0 spiro atoms. The van der Waals surface area contributed by atoms with Gasteiger partial charge in [-0.1, -0.05) is 6.92 Å². The summed E-state index contributed by atoms with van der Waals surface area (Å²) in [4.78, 5) is 19.1. The maximum Gasteiger partial charge on any atom is 0.217 e. The first-order valence-corrected chi connectivity index (χ1v) is 8.18. The van der Waals surface area contributed by atoms with Gasteiger partial charge >= 0.3 is 0 Å². The highest BCUT2D eigenvalue weighted by Crippen LogP contribution is 2.24. The first-order valence-electron chi connectivity index (χ1n) is 7.36. The van der Waals surface area contributed by atoms with Crippen LogP contribution in [0.4, 0.5) is 5.13 Å². The summed E-state index contributed by atoms with van der Waals surface area (Å²) in [5, 5.41) is 4.34. The lowest BCUT2D eigenvalue weighted by atomic mass is 9.93. The van der Waals surface area contributed by atoms with Crippen molar-refractivity contribution in [3.8, 4) is 0 Å². The molecule has 1 aromatic heterocycles. The summed E-state index contributed by atoms with van der Waals surface area (Å²) in [6.07, 6.45) is 5.77. The molecule has 1 saturated heterocycles. The molecule has 0 aliphatic carbocycles. The first-order chi connectivity index (χ1) is 9.67. The number of likely N-dealkylation sites (tertiary alicyclic amines) is 1. The van der Waals surface area contributed by atoms with Crippen LogP contribution in [-0.2, 0) is 11.3 Å². The van der Waals surface area contributed by atoms with E-state index in [0.29, 0.717) is 12.3 Å². The van der Waals surface area contributed by atoms with Crippen LogP contribution in [0.2, 0.25) is 0 Å². The van der Waals surface area contributed by atoms with Crippen LogP contribution < -0.4 is 11.1 Å². The Kier molecular flexibility index (Phi) is 5.79. The number of anilines is 1. The number of piperidine rings is 1. The maximum absolute atomic E-state index is 10.9. The molecule has 0 bridgehead atoms. The van der Waals surface area contributed by atoms with Crippen LogP contribution in [0.1, 0.15) is 37.5 Å². The van der Waals surface area contributed by atoms with E-state index in [1.54, 1.807) is 11.3 Å². The van der Waals surface area contributed by atoms with E-state index in [-0.39, 0.29) is 5.91 Å². The molecule has 2 rings (SSSR count). The fourth-order valence-electron chi connectivity index (χ4n) is 2.55. The highest BCUT2D eigenvalue weighted by molar-refractivity contribution is 7.15. The topological polar surface area (TPSA) is 71.2 Å². The molecule has 0 radical (unpaired) electrons. The minimum Gasteiger partial charge on any atom is -0.370 e. The van der Waals surface area contributed by atoms with Crippen molar-refractivity contribution in [2.24, 2.45) is 11.7 Å². The molecule has 20 heavy (non-hydrogen) atoms. The number of hydrogen-bond donors (Lipinski definition) is 2. The monoisotopic (exact) mass is 296 g/mol. The van der Waals surface area contributed by atoms with Crippen molar-refractivity contribution in [2.75, 3.05) is 25.0 Å². The van der Waals surface area contributed by atoms with Crippen LogP contribution in [0.3, 0.4) is 0 Å². The Bertz CT molecular complexity index is 427. The summed E-state index contributed by atoms with van der Waals surface area (Å²) in [7, 11) is 0. The van der Waals surface area contributed by atoms with Crippen LogP contribution >= 0.6 is 11.3 Å². The highest BCUT2D eigenvalue weighted by Gasteiger charge is 2.21. The number of nitrogens with two attached hydrogens (primary N) is 1. The Morgan fingerprint density at radius 1 is 1.55 bits per heavy atom. The summed E-state index contributed by atoms with van der Waals surface area (Å²) in [6, 6.07) is 0. The van der Waals surface area contributed by atoms with E-state index in [1.165, 1.54) is 4.88 Å². The number of hydrogen-bond acceptors (Lipinski definition) is 5. The predicted molar refractivity (Wildman–Crippen MR) is 82.7 cm³/mol. The number of nitrogens with one attached hydrogen (secondary N) is 1. The molecule has 1 aromatic rings. The molecular weight excluding hydrogens is 272 g/mol. The van der Waals surface area contributed by atoms with Gasteiger partial charge in [0, 0.05) is 30.6 Å². The van der Waals surface area contributed by atoms with Crippen molar-refractivity contribution >= 4 is 22.4 Å². The number of aromatic nitrogens is 1. The third-order valence-electron chi connectivity index (χ3n) is 3.66. The van der Waals surface area contributed by atoms with Crippen LogP contribution in [0.15, 0.2) is 6.20 Å². The van der Waals surface area contributed by atoms with Gasteiger partial charge < -0.3 is 11.1 Å². The van der Waals surface area contributed by atoms with Crippen LogP contribution in [-0.4, -0.2) is 35.4 Å². The average Bonchev–Trinajstić information content (AvgIpc) is 2.86. The van der Waals surface area contributed by atoms with Crippen LogP contribution in [0.5, 0.6) is 0 Å². The molecular formula is C14H24N4OS. The number of carbonyl (C=O) groups excluding carboxylic acids is 1. The normalized spacial score (nSPS) is 17.2. The maximum atomic E-state index is 10.9. The molecule has 5 nitrogen and oxygen atoms in total. The van der Waals surface area contributed by atoms with Gasteiger partial charge in [0.05, 0.1) is 0 Å². The number of primary amides is 1. The molecule has 2 heterocycles. The van der Waals surface area contributed by atoms with Crippen molar-refractivity contribution in [1.82, 2.24) is 9.88 Å². The Hall–Kier alpha value is -1.14. The quantitative estimate of drug-likeness (QED) is 0.808. The van der Waals surface area contributed by atoms with Gasteiger partial charge in [-0.05, 0) is 38.3 Å². The van der Waals surface area contributed by atoms with Crippen LogP contribution in [0.25, 0.3) is 0 Å². The molecule has 0 atom stereocenters. The van der Waals surface area contributed by atoms with Gasteiger partial charge in [0.15, 0.2) is 5.13 Å². The minimum absolute atomic E-state index is 0.169. The number of rotatable bonds is 7. The van der Waals surface area contributed by atoms with Crippen molar-refractivity contribution in [3.63, 3.8) is 0 Å². The summed E-state index contributed by atoms with van der Waals surface area (Å²) < 4.78 is 0. The Morgan fingerprint density at radius 2 is 2.30 bits per heavy atom. The van der Waals surface area contributed by atoms with E-state index in [1.807, 2.05) is 6.20 Å². The summed E-state index contributed by atoms with van der Waals surface area (Å²) in [6.45, 7) is 6.19. The average molecular weight is 296 g/mol. The van der Waals surface area contributed by atoms with Crippen molar-refractivity contribution in [2.45, 2.75) is 39.2 Å². The van der Waals surface area contributed by atoms with Crippen molar-refractivity contribution in [3.05, 3.63) is 11.1 Å². The molecule has 0 saturated carbocycles. The zero-order valence-electron chi connectivity index (χ0n) is 12.1. The zero-order valence-corrected chi connectivity index (χ0v) is 12.9. The smallest absolute Gasteiger partial charge is 0.217 e. The number of thiazole rings is 1. The lowest BCUT2D eigenvalue weighted by Crippen LogP contribution is -2.34. The van der Waals surface area contributed by atoms with Crippen LogP contribution in [0, 0.1) is 5.92 Å². The van der Waals surface area contributed by atoms with Gasteiger partial charge in [-0.2, -0.15) is 0 Å². The van der Waals surface area contributed by atoms with E-state index in [0.717, 1.165) is 50.6 Å². The molecule has 112 valence electrons. The third-order valence-corrected chi connectivity index (χ3v) is 4.60. The first kappa shape index (κ1) is 15.3. The number of nitrogens with zero attached hydrogens (tertiary/aromatic N) is 2. The molecule has 1 fully saturated rings. The van der Waals surface area contributed by atoms with E-state index < -0.39 is 0 Å². The van der Waals surface area contributed by atoms with Gasteiger partial charge in [-0.25, -0.2) is 4.98 Å². The molecule has 3 N–H and O–H groups in total. The van der Waals surface area contributed by atoms with E-state index in [2.05, 4.69) is 22.1 Å². The predicted octanol–water partition coefficient (Wildman–Crippen LogP) is 2.05. The molecule has 0 aromatic carbocycles. The van der Waals surface area contributed by atoms with Gasteiger partial charge in [0.25, 0.3) is 0 Å². The Labute approximate surface area is 124 Å². The second-order valence-electron chi connectivity index (χ2n) is 5.45. The van der Waals surface area contributed by atoms with Gasteiger partial charge in [-0.15, -0.1) is 11.3 Å².